The lowest BCUT2D eigenvalue weighted by Gasteiger charge is -2.31. The van der Waals surface area contributed by atoms with Gasteiger partial charge in [0, 0.05) is 19.7 Å². The van der Waals surface area contributed by atoms with E-state index in [1.165, 1.54) is 12.1 Å². The summed E-state index contributed by atoms with van der Waals surface area (Å²) in [5.74, 6) is -0.328. The first kappa shape index (κ1) is 20.1. The molecule has 0 saturated carbocycles. The zero-order valence-electron chi connectivity index (χ0n) is 15.7. The summed E-state index contributed by atoms with van der Waals surface area (Å²) in [7, 11) is 3.76. The first-order valence-electron chi connectivity index (χ1n) is 8.79. The molecule has 1 atom stereocenters. The quantitative estimate of drug-likeness (QED) is 0.788. The van der Waals surface area contributed by atoms with Crippen LogP contribution in [0, 0.1) is 12.7 Å². The summed E-state index contributed by atoms with van der Waals surface area (Å²) in [6, 6.07) is 13.7. The average Bonchev–Trinajstić information content (AvgIpc) is 2.60. The smallest absolute Gasteiger partial charge is 0.244 e. The van der Waals surface area contributed by atoms with Gasteiger partial charge in [0.05, 0.1) is 0 Å². The highest BCUT2D eigenvalue weighted by atomic mass is 19.1. The number of amides is 1. The van der Waals surface area contributed by atoms with Crippen LogP contribution < -0.4 is 0 Å². The van der Waals surface area contributed by atoms with Gasteiger partial charge in [-0.05, 0) is 50.7 Å². The Kier molecular flexibility index (Phi) is 7.30. The van der Waals surface area contributed by atoms with Crippen LogP contribution in [0.1, 0.15) is 29.2 Å². The number of likely N-dealkylation sites (N-methyl/N-ethyl adjacent to an activating group) is 1. The van der Waals surface area contributed by atoms with Crippen molar-refractivity contribution in [3.05, 3.63) is 71.0 Å². The van der Waals surface area contributed by atoms with Crippen LogP contribution in [0.5, 0.6) is 0 Å². The predicted octanol–water partition coefficient (Wildman–Crippen LogP) is 3.15. The van der Waals surface area contributed by atoms with Crippen LogP contribution in [0.2, 0.25) is 0 Å². The molecule has 26 heavy (non-hydrogen) atoms. The molecule has 0 fully saturated rings. The first-order chi connectivity index (χ1) is 12.4. The molecule has 0 heterocycles. The largest absolute Gasteiger partial charge is 0.396 e. The van der Waals surface area contributed by atoms with Crippen LogP contribution in [0.15, 0.2) is 48.5 Å². The number of halogens is 1. The van der Waals surface area contributed by atoms with E-state index < -0.39 is 6.04 Å². The Hall–Kier alpha value is -2.24. The third-order valence-electron chi connectivity index (χ3n) is 4.29. The summed E-state index contributed by atoms with van der Waals surface area (Å²) >= 11 is 0. The van der Waals surface area contributed by atoms with Crippen LogP contribution in [-0.2, 0) is 11.3 Å². The van der Waals surface area contributed by atoms with Crippen molar-refractivity contribution < 1.29 is 14.3 Å². The maximum atomic E-state index is 13.3. The summed E-state index contributed by atoms with van der Waals surface area (Å²) in [6.45, 7) is 2.85. The fraction of sp³-hybridized carbons (Fsp3) is 0.381. The second kappa shape index (κ2) is 9.46. The Morgan fingerprint density at radius 2 is 1.85 bits per heavy atom. The highest BCUT2D eigenvalue weighted by molar-refractivity contribution is 5.83. The lowest BCUT2D eigenvalue weighted by molar-refractivity contribution is -0.137. The van der Waals surface area contributed by atoms with Crippen LogP contribution in [0.3, 0.4) is 0 Å². The van der Waals surface area contributed by atoms with Crippen molar-refractivity contribution in [1.82, 2.24) is 9.80 Å². The van der Waals surface area contributed by atoms with Gasteiger partial charge < -0.3 is 10.0 Å². The molecule has 1 N–H and O–H groups in total. The number of hydrogen-bond donors (Lipinski definition) is 1. The molecule has 0 aliphatic rings. The Bertz CT molecular complexity index is 716. The van der Waals surface area contributed by atoms with Gasteiger partial charge in [0.1, 0.15) is 11.9 Å². The van der Waals surface area contributed by atoms with Crippen LogP contribution in [0.25, 0.3) is 0 Å². The number of carbonyl (C=O) groups is 1. The minimum absolute atomic E-state index is 0.0181. The van der Waals surface area contributed by atoms with Crippen molar-refractivity contribution in [2.75, 3.05) is 27.2 Å². The minimum Gasteiger partial charge on any atom is -0.396 e. The molecule has 2 rings (SSSR count). The molecule has 1 amide bonds. The zero-order valence-corrected chi connectivity index (χ0v) is 15.7. The summed E-state index contributed by atoms with van der Waals surface area (Å²) < 4.78 is 13.2. The fourth-order valence-electron chi connectivity index (χ4n) is 3.01. The highest BCUT2D eigenvalue weighted by Gasteiger charge is 2.27. The maximum absolute atomic E-state index is 13.3. The molecule has 0 aliphatic heterocycles. The molecule has 0 saturated heterocycles. The normalized spacial score (nSPS) is 12.2. The second-order valence-electron chi connectivity index (χ2n) is 6.74. The molecule has 5 heteroatoms. The first-order valence-corrected chi connectivity index (χ1v) is 8.79. The van der Waals surface area contributed by atoms with E-state index in [1.54, 1.807) is 17.0 Å². The maximum Gasteiger partial charge on any atom is 0.244 e. The molecular weight excluding hydrogens is 331 g/mol. The zero-order chi connectivity index (χ0) is 19.1. The molecular formula is C21H27FN2O2. The van der Waals surface area contributed by atoms with E-state index in [4.69, 9.17) is 0 Å². The number of aliphatic hydroxyl groups is 1. The molecule has 4 nitrogen and oxygen atoms in total. The van der Waals surface area contributed by atoms with Crippen molar-refractivity contribution in [3.63, 3.8) is 0 Å². The second-order valence-corrected chi connectivity index (χ2v) is 6.74. The van der Waals surface area contributed by atoms with Gasteiger partial charge in [-0.15, -0.1) is 0 Å². The van der Waals surface area contributed by atoms with E-state index in [0.717, 1.165) is 16.7 Å². The SMILES string of the molecule is Cc1cccc([C@@H](C(=O)N(CCCO)Cc2ccc(F)cc2)N(C)C)c1. The number of aliphatic hydroxyl groups excluding tert-OH is 1. The van der Waals surface area contributed by atoms with Crippen molar-refractivity contribution >= 4 is 5.91 Å². The topological polar surface area (TPSA) is 43.8 Å². The van der Waals surface area contributed by atoms with E-state index in [-0.39, 0.29) is 18.3 Å². The fourth-order valence-corrected chi connectivity index (χ4v) is 3.01. The van der Waals surface area contributed by atoms with Crippen LogP contribution in [-0.4, -0.2) is 48.1 Å². The number of carbonyl (C=O) groups excluding carboxylic acids is 1. The van der Waals surface area contributed by atoms with Crippen molar-refractivity contribution in [1.29, 1.82) is 0 Å². The number of benzene rings is 2. The molecule has 2 aromatic carbocycles. The number of rotatable bonds is 8. The van der Waals surface area contributed by atoms with E-state index in [1.807, 2.05) is 50.2 Å². The van der Waals surface area contributed by atoms with E-state index in [2.05, 4.69) is 0 Å². The number of hydrogen-bond acceptors (Lipinski definition) is 3. The van der Waals surface area contributed by atoms with Gasteiger partial charge in [-0.25, -0.2) is 4.39 Å². The molecule has 0 aromatic heterocycles. The molecule has 0 radical (unpaired) electrons. The summed E-state index contributed by atoms with van der Waals surface area (Å²) in [5.41, 5.74) is 2.90. The Balaban J connectivity index is 2.28. The molecule has 140 valence electrons. The van der Waals surface area contributed by atoms with Gasteiger partial charge in [0.15, 0.2) is 0 Å². The lowest BCUT2D eigenvalue weighted by Crippen LogP contribution is -2.41. The number of aryl methyl sites for hydroxylation is 1. The number of nitrogens with zero attached hydrogens (tertiary/aromatic N) is 2. The predicted molar refractivity (Wildman–Crippen MR) is 101 cm³/mol. The van der Waals surface area contributed by atoms with E-state index >= 15 is 0 Å². The lowest BCUT2D eigenvalue weighted by atomic mass is 10.0. The monoisotopic (exact) mass is 358 g/mol. The van der Waals surface area contributed by atoms with E-state index in [9.17, 15) is 14.3 Å². The van der Waals surface area contributed by atoms with Gasteiger partial charge >= 0.3 is 0 Å². The van der Waals surface area contributed by atoms with Gasteiger partial charge in [-0.2, -0.15) is 0 Å². The third kappa shape index (κ3) is 5.38. The van der Waals surface area contributed by atoms with Crippen molar-refractivity contribution in [2.24, 2.45) is 0 Å². The van der Waals surface area contributed by atoms with Crippen molar-refractivity contribution in [2.45, 2.75) is 25.9 Å². The summed E-state index contributed by atoms with van der Waals surface area (Å²) in [4.78, 5) is 16.9. The summed E-state index contributed by atoms with van der Waals surface area (Å²) in [6.07, 6.45) is 0.501. The van der Waals surface area contributed by atoms with Crippen LogP contribution in [0.4, 0.5) is 4.39 Å². The van der Waals surface area contributed by atoms with Gasteiger partial charge in [-0.1, -0.05) is 42.0 Å². The summed E-state index contributed by atoms with van der Waals surface area (Å²) in [5, 5.41) is 9.20. The third-order valence-corrected chi connectivity index (χ3v) is 4.29. The molecule has 0 unspecified atom stereocenters. The standard InChI is InChI=1S/C21H27FN2O2/c1-16-6-4-7-18(14-16)20(23(2)3)21(26)24(12-5-13-25)15-17-8-10-19(22)11-9-17/h4,6-11,14,20,25H,5,12-13,15H2,1-3H3/t20-/m0/s1. The highest BCUT2D eigenvalue weighted by Crippen LogP contribution is 2.23. The Morgan fingerprint density at radius 3 is 2.42 bits per heavy atom. The van der Waals surface area contributed by atoms with Crippen molar-refractivity contribution in [3.8, 4) is 0 Å². The molecule has 0 bridgehead atoms. The van der Waals surface area contributed by atoms with Gasteiger partial charge in [-0.3, -0.25) is 9.69 Å². The van der Waals surface area contributed by atoms with E-state index in [0.29, 0.717) is 19.5 Å². The van der Waals surface area contributed by atoms with Gasteiger partial charge in [0.2, 0.25) is 5.91 Å². The Morgan fingerprint density at radius 1 is 1.15 bits per heavy atom. The average molecular weight is 358 g/mol. The minimum atomic E-state index is -0.408. The molecule has 2 aromatic rings. The van der Waals surface area contributed by atoms with Gasteiger partial charge in [0.25, 0.3) is 0 Å². The Labute approximate surface area is 154 Å². The molecule has 0 spiro atoms. The molecule has 0 aliphatic carbocycles. The van der Waals surface area contributed by atoms with Crippen LogP contribution >= 0.6 is 0 Å².